The van der Waals surface area contributed by atoms with Crippen molar-refractivity contribution in [2.45, 2.75) is 19.4 Å². The molecule has 0 bridgehead atoms. The van der Waals surface area contributed by atoms with E-state index in [1.165, 1.54) is 0 Å². The molecular formula is C12H17N3O. The van der Waals surface area contributed by atoms with Crippen LogP contribution in [-0.4, -0.2) is 37.3 Å². The molecular weight excluding hydrogens is 202 g/mol. The summed E-state index contributed by atoms with van der Waals surface area (Å²) in [5.74, 6) is 1.97. The van der Waals surface area contributed by atoms with Gasteiger partial charge in [-0.3, -0.25) is 0 Å². The van der Waals surface area contributed by atoms with Crippen molar-refractivity contribution >= 4 is 5.82 Å². The predicted octanol–water partition coefficient (Wildman–Crippen LogP) is 0.951. The van der Waals surface area contributed by atoms with Crippen LogP contribution in [0.3, 0.4) is 0 Å². The van der Waals surface area contributed by atoms with Gasteiger partial charge in [-0.25, -0.2) is 4.98 Å². The van der Waals surface area contributed by atoms with Gasteiger partial charge >= 0.3 is 0 Å². The Balaban J connectivity index is 2.00. The van der Waals surface area contributed by atoms with Gasteiger partial charge in [-0.15, -0.1) is 0 Å². The molecule has 86 valence electrons. The van der Waals surface area contributed by atoms with E-state index in [1.54, 1.807) is 0 Å². The molecule has 1 saturated heterocycles. The lowest BCUT2D eigenvalue weighted by Gasteiger charge is -2.35. The van der Waals surface area contributed by atoms with Crippen molar-refractivity contribution in [1.82, 2.24) is 10.3 Å². The molecule has 3 heterocycles. The zero-order valence-corrected chi connectivity index (χ0v) is 9.57. The molecule has 1 aromatic rings. The first kappa shape index (κ1) is 9.90. The van der Waals surface area contributed by atoms with E-state index in [0.29, 0.717) is 6.04 Å². The third-order valence-electron chi connectivity index (χ3n) is 3.30. The Kier molecular flexibility index (Phi) is 2.44. The number of rotatable bonds is 0. The van der Waals surface area contributed by atoms with Crippen molar-refractivity contribution in [1.29, 1.82) is 0 Å². The monoisotopic (exact) mass is 219 g/mol. The molecule has 0 unspecified atom stereocenters. The van der Waals surface area contributed by atoms with E-state index in [0.717, 1.165) is 49.8 Å². The van der Waals surface area contributed by atoms with Gasteiger partial charge < -0.3 is 15.0 Å². The molecule has 2 aliphatic heterocycles. The van der Waals surface area contributed by atoms with Gasteiger partial charge in [0.05, 0.1) is 6.61 Å². The first-order valence-electron chi connectivity index (χ1n) is 5.91. The van der Waals surface area contributed by atoms with E-state index >= 15 is 0 Å². The molecule has 1 N–H and O–H groups in total. The molecule has 3 rings (SSSR count). The molecule has 1 aromatic heterocycles. The fourth-order valence-electron chi connectivity index (χ4n) is 2.46. The van der Waals surface area contributed by atoms with Crippen molar-refractivity contribution in [3.05, 3.63) is 17.8 Å². The molecule has 4 nitrogen and oxygen atoms in total. The van der Waals surface area contributed by atoms with Crippen LogP contribution >= 0.6 is 0 Å². The fourth-order valence-corrected chi connectivity index (χ4v) is 2.46. The van der Waals surface area contributed by atoms with Crippen LogP contribution in [0.25, 0.3) is 0 Å². The van der Waals surface area contributed by atoms with E-state index in [4.69, 9.17) is 4.74 Å². The molecule has 4 heteroatoms. The maximum Gasteiger partial charge on any atom is 0.171 e. The van der Waals surface area contributed by atoms with Crippen LogP contribution in [0.15, 0.2) is 12.3 Å². The Bertz CT molecular complexity index is 394. The Labute approximate surface area is 95.6 Å². The Morgan fingerprint density at radius 3 is 3.44 bits per heavy atom. The lowest BCUT2D eigenvalue weighted by molar-refractivity contribution is 0.303. The van der Waals surface area contributed by atoms with Gasteiger partial charge in [-0.2, -0.15) is 0 Å². The SMILES string of the molecule is Cc1cnc2c(c1)OCC[C@@H]1CNCCN21. The predicted molar refractivity (Wildman–Crippen MR) is 63.1 cm³/mol. The molecule has 0 aliphatic carbocycles. The van der Waals surface area contributed by atoms with Gasteiger partial charge in [-0.1, -0.05) is 0 Å². The molecule has 0 aromatic carbocycles. The molecule has 0 amide bonds. The maximum atomic E-state index is 5.79. The number of hydrogen-bond donors (Lipinski definition) is 1. The number of fused-ring (bicyclic) bond motifs is 3. The second-order valence-electron chi connectivity index (χ2n) is 4.52. The smallest absolute Gasteiger partial charge is 0.171 e. The van der Waals surface area contributed by atoms with Gasteiger partial charge in [0.1, 0.15) is 0 Å². The van der Waals surface area contributed by atoms with E-state index < -0.39 is 0 Å². The summed E-state index contributed by atoms with van der Waals surface area (Å²) >= 11 is 0. The highest BCUT2D eigenvalue weighted by Crippen LogP contribution is 2.32. The second-order valence-corrected chi connectivity index (χ2v) is 4.52. The summed E-state index contributed by atoms with van der Waals surface area (Å²) in [5.41, 5.74) is 1.16. The zero-order valence-electron chi connectivity index (χ0n) is 9.57. The third kappa shape index (κ3) is 1.63. The maximum absolute atomic E-state index is 5.79. The lowest BCUT2D eigenvalue weighted by atomic mass is 10.1. The van der Waals surface area contributed by atoms with Crippen LogP contribution in [0.5, 0.6) is 5.75 Å². The lowest BCUT2D eigenvalue weighted by Crippen LogP contribution is -2.51. The minimum Gasteiger partial charge on any atom is -0.490 e. The number of nitrogens with zero attached hydrogens (tertiary/aromatic N) is 2. The van der Waals surface area contributed by atoms with Crippen LogP contribution < -0.4 is 15.0 Å². The quantitative estimate of drug-likeness (QED) is 0.705. The van der Waals surface area contributed by atoms with Crippen LogP contribution in [0.4, 0.5) is 5.82 Å². The number of nitrogens with one attached hydrogen (secondary N) is 1. The third-order valence-corrected chi connectivity index (χ3v) is 3.30. The van der Waals surface area contributed by atoms with Gasteiger partial charge in [0.15, 0.2) is 11.6 Å². The van der Waals surface area contributed by atoms with Crippen LogP contribution in [0.2, 0.25) is 0 Å². The standard InChI is InChI=1S/C12H17N3O/c1-9-6-11-12(14-7-9)15-4-3-13-8-10(15)2-5-16-11/h6-7,10,13H,2-5,8H2,1H3/t10-/m1/s1. The van der Waals surface area contributed by atoms with Crippen LogP contribution in [0, 0.1) is 6.92 Å². The van der Waals surface area contributed by atoms with Gasteiger partial charge in [0.25, 0.3) is 0 Å². The number of anilines is 1. The zero-order chi connectivity index (χ0) is 11.0. The molecule has 0 saturated carbocycles. The summed E-state index contributed by atoms with van der Waals surface area (Å²) in [4.78, 5) is 6.92. The van der Waals surface area contributed by atoms with E-state index in [9.17, 15) is 0 Å². The van der Waals surface area contributed by atoms with Gasteiger partial charge in [0, 0.05) is 38.3 Å². The summed E-state index contributed by atoms with van der Waals surface area (Å²) in [6.45, 7) is 5.94. The number of pyridine rings is 1. The van der Waals surface area contributed by atoms with Gasteiger partial charge in [-0.05, 0) is 18.6 Å². The summed E-state index contributed by atoms with van der Waals surface area (Å²) in [6, 6.07) is 2.62. The summed E-state index contributed by atoms with van der Waals surface area (Å²) < 4.78 is 5.79. The normalized spacial score (nSPS) is 24.1. The topological polar surface area (TPSA) is 37.4 Å². The molecule has 1 atom stereocenters. The van der Waals surface area contributed by atoms with Crippen molar-refractivity contribution in [3.8, 4) is 5.75 Å². The highest BCUT2D eigenvalue weighted by atomic mass is 16.5. The Hall–Kier alpha value is -1.29. The number of piperazine rings is 1. The summed E-state index contributed by atoms with van der Waals surface area (Å²) in [6.07, 6.45) is 3.00. The first-order chi connectivity index (χ1) is 7.84. The minimum absolute atomic E-state index is 0.533. The number of ether oxygens (including phenoxy) is 1. The van der Waals surface area contributed by atoms with E-state index in [-0.39, 0.29) is 0 Å². The van der Waals surface area contributed by atoms with Crippen LogP contribution in [0.1, 0.15) is 12.0 Å². The number of aromatic nitrogens is 1. The summed E-state index contributed by atoms with van der Waals surface area (Å²) in [5, 5.41) is 3.43. The molecule has 16 heavy (non-hydrogen) atoms. The molecule has 2 aliphatic rings. The highest BCUT2D eigenvalue weighted by molar-refractivity contribution is 5.55. The second kappa shape index (κ2) is 3.94. The number of aryl methyl sites for hydroxylation is 1. The average molecular weight is 219 g/mol. The molecule has 0 spiro atoms. The van der Waals surface area contributed by atoms with E-state index in [2.05, 4.69) is 28.2 Å². The first-order valence-corrected chi connectivity index (χ1v) is 5.91. The number of hydrogen-bond acceptors (Lipinski definition) is 4. The van der Waals surface area contributed by atoms with Crippen molar-refractivity contribution in [3.63, 3.8) is 0 Å². The van der Waals surface area contributed by atoms with Crippen molar-refractivity contribution in [2.75, 3.05) is 31.1 Å². The molecule has 1 fully saturated rings. The van der Waals surface area contributed by atoms with Crippen molar-refractivity contribution < 1.29 is 4.74 Å². The van der Waals surface area contributed by atoms with E-state index in [1.807, 2.05) is 6.20 Å². The van der Waals surface area contributed by atoms with Gasteiger partial charge in [0.2, 0.25) is 0 Å². The van der Waals surface area contributed by atoms with Crippen LogP contribution in [-0.2, 0) is 0 Å². The highest BCUT2D eigenvalue weighted by Gasteiger charge is 2.28. The fraction of sp³-hybridized carbons (Fsp3) is 0.583. The van der Waals surface area contributed by atoms with Crippen molar-refractivity contribution in [2.24, 2.45) is 0 Å². The average Bonchev–Trinajstić information content (AvgIpc) is 2.47. The Morgan fingerprint density at radius 1 is 1.56 bits per heavy atom. The summed E-state index contributed by atoms with van der Waals surface area (Å²) in [7, 11) is 0. The Morgan fingerprint density at radius 2 is 2.50 bits per heavy atom. The largest absolute Gasteiger partial charge is 0.490 e. The molecule has 0 radical (unpaired) electrons. The minimum atomic E-state index is 0.533.